The first-order valence-corrected chi connectivity index (χ1v) is 7.60. The molecule has 0 fully saturated rings. The second-order valence-corrected chi connectivity index (χ2v) is 5.45. The minimum atomic E-state index is -0.425. The number of amides is 1. The van der Waals surface area contributed by atoms with Crippen molar-refractivity contribution in [2.75, 3.05) is 17.7 Å². The van der Waals surface area contributed by atoms with Crippen LogP contribution in [0, 0.1) is 6.92 Å². The molecule has 1 amide bonds. The first kappa shape index (κ1) is 16.7. The molecule has 9 heteroatoms. The van der Waals surface area contributed by atoms with Gasteiger partial charge in [0.15, 0.2) is 5.82 Å². The van der Waals surface area contributed by atoms with E-state index in [1.165, 1.54) is 12.4 Å². The van der Waals surface area contributed by atoms with Gasteiger partial charge in [0.05, 0.1) is 12.1 Å². The largest absolute Gasteiger partial charge is 0.495 e. The van der Waals surface area contributed by atoms with Crippen LogP contribution in [-0.4, -0.2) is 28.1 Å². The van der Waals surface area contributed by atoms with Crippen LogP contribution < -0.4 is 15.4 Å². The highest BCUT2D eigenvalue weighted by molar-refractivity contribution is 6.32. The number of aryl methyl sites for hydroxylation is 1. The summed E-state index contributed by atoms with van der Waals surface area (Å²) in [6.45, 7) is 1.73. The quantitative estimate of drug-likeness (QED) is 0.719. The number of halogens is 1. The maximum atomic E-state index is 12.2. The van der Waals surface area contributed by atoms with Crippen LogP contribution in [0.4, 0.5) is 17.3 Å². The van der Waals surface area contributed by atoms with E-state index < -0.39 is 5.91 Å². The third kappa shape index (κ3) is 4.04. The van der Waals surface area contributed by atoms with Gasteiger partial charge in [0.2, 0.25) is 0 Å². The van der Waals surface area contributed by atoms with Crippen LogP contribution in [0.3, 0.4) is 0 Å². The number of hydrogen-bond donors (Lipinski definition) is 2. The van der Waals surface area contributed by atoms with Gasteiger partial charge >= 0.3 is 0 Å². The normalized spacial score (nSPS) is 10.4. The van der Waals surface area contributed by atoms with Crippen LogP contribution in [0.5, 0.6) is 5.75 Å². The van der Waals surface area contributed by atoms with E-state index in [1.54, 1.807) is 38.3 Å². The minimum Gasteiger partial charge on any atom is -0.495 e. The van der Waals surface area contributed by atoms with Crippen LogP contribution in [0.15, 0.2) is 41.2 Å². The topological polar surface area (TPSA) is 102 Å². The average Bonchev–Trinajstić information content (AvgIpc) is 3.00. The summed E-state index contributed by atoms with van der Waals surface area (Å²) in [6.07, 6.45) is 1.29. The molecule has 3 rings (SSSR count). The molecule has 2 heterocycles. The van der Waals surface area contributed by atoms with Crippen molar-refractivity contribution >= 4 is 34.8 Å². The number of anilines is 3. The summed E-state index contributed by atoms with van der Waals surface area (Å²) in [5.74, 6) is 1.50. The lowest BCUT2D eigenvalue weighted by Crippen LogP contribution is -2.14. The van der Waals surface area contributed by atoms with Crippen LogP contribution in [0.2, 0.25) is 5.02 Å². The van der Waals surface area contributed by atoms with Gasteiger partial charge in [-0.1, -0.05) is 16.8 Å². The van der Waals surface area contributed by atoms with Crippen LogP contribution >= 0.6 is 11.6 Å². The summed E-state index contributed by atoms with van der Waals surface area (Å²) >= 11 is 6.09. The molecular formula is C16H14ClN5O3. The number of carbonyl (C=O) groups is 1. The van der Waals surface area contributed by atoms with Crippen molar-refractivity contribution < 1.29 is 14.1 Å². The van der Waals surface area contributed by atoms with Crippen molar-refractivity contribution in [3.05, 3.63) is 53.1 Å². The number of aromatic nitrogens is 3. The Hall–Kier alpha value is -3.13. The van der Waals surface area contributed by atoms with Crippen molar-refractivity contribution in [3.8, 4) is 5.75 Å². The fraction of sp³-hybridized carbons (Fsp3) is 0.125. The van der Waals surface area contributed by atoms with Gasteiger partial charge in [0, 0.05) is 17.8 Å². The predicted molar refractivity (Wildman–Crippen MR) is 92.5 cm³/mol. The fourth-order valence-corrected chi connectivity index (χ4v) is 2.31. The number of nitrogens with one attached hydrogen (secondary N) is 2. The van der Waals surface area contributed by atoms with E-state index in [9.17, 15) is 4.79 Å². The first-order valence-electron chi connectivity index (χ1n) is 7.22. The summed E-state index contributed by atoms with van der Waals surface area (Å²) in [7, 11) is 1.54. The summed E-state index contributed by atoms with van der Waals surface area (Å²) in [4.78, 5) is 20.3. The Balaban J connectivity index is 1.74. The number of carbonyl (C=O) groups excluding carboxylic acids is 1. The molecule has 0 unspecified atom stereocenters. The second kappa shape index (κ2) is 7.18. The van der Waals surface area contributed by atoms with Crippen LogP contribution in [0.1, 0.15) is 16.2 Å². The van der Waals surface area contributed by atoms with Gasteiger partial charge in [0.25, 0.3) is 5.91 Å². The number of ether oxygens (including phenoxy) is 1. The second-order valence-electron chi connectivity index (χ2n) is 5.04. The Bertz CT molecular complexity index is 912. The van der Waals surface area contributed by atoms with Gasteiger partial charge in [-0.2, -0.15) is 0 Å². The SMILES string of the molecule is COc1ccc(Nc2cc(C(=O)Nc3cc(C)on3)ncn2)cc1Cl. The van der Waals surface area contributed by atoms with E-state index in [1.807, 2.05) is 0 Å². The highest BCUT2D eigenvalue weighted by Crippen LogP contribution is 2.28. The zero-order chi connectivity index (χ0) is 17.8. The van der Waals surface area contributed by atoms with Crippen molar-refractivity contribution in [3.63, 3.8) is 0 Å². The predicted octanol–water partition coefficient (Wildman–Crippen LogP) is 3.43. The van der Waals surface area contributed by atoms with E-state index in [4.69, 9.17) is 20.9 Å². The number of rotatable bonds is 5. The van der Waals surface area contributed by atoms with Gasteiger partial charge < -0.3 is 19.9 Å². The Morgan fingerprint density at radius 2 is 2.04 bits per heavy atom. The highest BCUT2D eigenvalue weighted by Gasteiger charge is 2.12. The highest BCUT2D eigenvalue weighted by atomic mass is 35.5. The van der Waals surface area contributed by atoms with Gasteiger partial charge in [-0.25, -0.2) is 9.97 Å². The van der Waals surface area contributed by atoms with Gasteiger partial charge in [-0.15, -0.1) is 0 Å². The molecule has 0 saturated carbocycles. The number of hydrogen-bond acceptors (Lipinski definition) is 7. The van der Waals surface area contributed by atoms with Crippen molar-refractivity contribution in [2.24, 2.45) is 0 Å². The van der Waals surface area contributed by atoms with Crippen LogP contribution in [-0.2, 0) is 0 Å². The molecule has 0 radical (unpaired) electrons. The smallest absolute Gasteiger partial charge is 0.275 e. The van der Waals surface area contributed by atoms with E-state index in [-0.39, 0.29) is 5.69 Å². The molecule has 128 valence electrons. The Kier molecular flexibility index (Phi) is 4.80. The molecule has 0 aliphatic heterocycles. The van der Waals surface area contributed by atoms with E-state index in [0.717, 1.165) is 0 Å². The summed E-state index contributed by atoms with van der Waals surface area (Å²) in [5.41, 5.74) is 0.876. The molecule has 0 atom stereocenters. The summed E-state index contributed by atoms with van der Waals surface area (Å²) < 4.78 is 10.0. The fourth-order valence-electron chi connectivity index (χ4n) is 2.05. The van der Waals surface area contributed by atoms with E-state index >= 15 is 0 Å². The van der Waals surface area contributed by atoms with E-state index in [0.29, 0.717) is 33.9 Å². The molecule has 2 N–H and O–H groups in total. The molecule has 3 aromatic rings. The molecule has 0 bridgehead atoms. The van der Waals surface area contributed by atoms with Gasteiger partial charge in [-0.05, 0) is 25.1 Å². The average molecular weight is 360 g/mol. The molecule has 25 heavy (non-hydrogen) atoms. The molecule has 0 saturated heterocycles. The summed E-state index contributed by atoms with van der Waals surface area (Å²) in [6, 6.07) is 8.33. The maximum absolute atomic E-state index is 12.2. The molecule has 0 spiro atoms. The monoisotopic (exact) mass is 359 g/mol. The number of benzene rings is 1. The molecule has 2 aromatic heterocycles. The minimum absolute atomic E-state index is 0.178. The summed E-state index contributed by atoms with van der Waals surface area (Å²) in [5, 5.41) is 9.81. The molecule has 0 aliphatic rings. The zero-order valence-corrected chi connectivity index (χ0v) is 14.2. The van der Waals surface area contributed by atoms with Crippen molar-refractivity contribution in [1.29, 1.82) is 0 Å². The lowest BCUT2D eigenvalue weighted by atomic mass is 10.3. The third-order valence-electron chi connectivity index (χ3n) is 3.19. The lowest BCUT2D eigenvalue weighted by Gasteiger charge is -2.09. The molecule has 8 nitrogen and oxygen atoms in total. The maximum Gasteiger partial charge on any atom is 0.275 e. The van der Waals surface area contributed by atoms with Crippen molar-refractivity contribution in [1.82, 2.24) is 15.1 Å². The van der Waals surface area contributed by atoms with Gasteiger partial charge in [0.1, 0.15) is 29.3 Å². The van der Waals surface area contributed by atoms with Crippen LogP contribution in [0.25, 0.3) is 0 Å². The zero-order valence-electron chi connectivity index (χ0n) is 13.4. The van der Waals surface area contributed by atoms with E-state index in [2.05, 4.69) is 25.8 Å². The Morgan fingerprint density at radius 1 is 1.20 bits per heavy atom. The molecule has 0 aliphatic carbocycles. The molecular weight excluding hydrogens is 346 g/mol. The Morgan fingerprint density at radius 3 is 2.72 bits per heavy atom. The van der Waals surface area contributed by atoms with Gasteiger partial charge in [-0.3, -0.25) is 4.79 Å². The Labute approximate surface area is 148 Å². The third-order valence-corrected chi connectivity index (χ3v) is 3.49. The van der Waals surface area contributed by atoms with Crippen molar-refractivity contribution in [2.45, 2.75) is 6.92 Å². The number of nitrogens with zero attached hydrogens (tertiary/aromatic N) is 3. The first-order chi connectivity index (χ1) is 12.0. The molecule has 1 aromatic carbocycles. The standard InChI is InChI=1S/C16H14ClN5O3/c1-9-5-15(22-25-9)21-16(23)12-7-14(19-8-18-12)20-10-3-4-13(24-2)11(17)6-10/h3-8H,1-2H3,(H,18,19,20)(H,21,22,23). The lowest BCUT2D eigenvalue weighted by molar-refractivity contribution is 0.102. The number of methoxy groups -OCH3 is 1.